The molecule has 0 amide bonds. The first-order valence-electron chi connectivity index (χ1n) is 11.0. The van der Waals surface area contributed by atoms with Crippen LogP contribution in [0.25, 0.3) is 0 Å². The lowest BCUT2D eigenvalue weighted by Crippen LogP contribution is -2.28. The maximum absolute atomic E-state index is 12.5. The lowest BCUT2D eigenvalue weighted by atomic mass is 9.85. The summed E-state index contributed by atoms with van der Waals surface area (Å²) >= 11 is 0. The van der Waals surface area contributed by atoms with Crippen LogP contribution in [0.15, 0.2) is 73.9 Å². The third-order valence-corrected chi connectivity index (χ3v) is 6.25. The fourth-order valence-electron chi connectivity index (χ4n) is 4.23. The number of esters is 2. The SMILES string of the molecule is C=CCC[C@@]1(C)O[C@@H]1[C@H]1OC(=O)C(=C)[C@@H]1CCC(=C)COC(=O)c1ccccc1CC=C. The normalized spacial score (nSPS) is 26.3. The molecule has 32 heavy (non-hydrogen) atoms. The van der Waals surface area contributed by atoms with Gasteiger partial charge >= 0.3 is 11.9 Å². The van der Waals surface area contributed by atoms with E-state index >= 15 is 0 Å². The van der Waals surface area contributed by atoms with Crippen molar-refractivity contribution in [3.63, 3.8) is 0 Å². The third-order valence-electron chi connectivity index (χ3n) is 6.25. The highest BCUT2D eigenvalue weighted by Crippen LogP contribution is 2.49. The first kappa shape index (κ1) is 23.7. The Labute approximate surface area is 190 Å². The highest BCUT2D eigenvalue weighted by molar-refractivity contribution is 5.91. The Kier molecular flexibility index (Phi) is 7.52. The predicted molar refractivity (Wildman–Crippen MR) is 124 cm³/mol. The zero-order valence-corrected chi connectivity index (χ0v) is 18.8. The molecule has 2 aliphatic heterocycles. The molecule has 0 radical (unpaired) electrons. The first-order valence-corrected chi connectivity index (χ1v) is 11.0. The van der Waals surface area contributed by atoms with Gasteiger partial charge in [-0.25, -0.2) is 9.59 Å². The lowest BCUT2D eigenvalue weighted by Gasteiger charge is -2.18. The monoisotopic (exact) mass is 436 g/mol. The number of hydrogen-bond acceptors (Lipinski definition) is 5. The maximum Gasteiger partial charge on any atom is 0.338 e. The quantitative estimate of drug-likeness (QED) is 0.197. The Morgan fingerprint density at radius 1 is 1.25 bits per heavy atom. The summed E-state index contributed by atoms with van der Waals surface area (Å²) in [4.78, 5) is 24.7. The van der Waals surface area contributed by atoms with Gasteiger partial charge in [-0.05, 0) is 56.2 Å². The van der Waals surface area contributed by atoms with Crippen LogP contribution >= 0.6 is 0 Å². The minimum atomic E-state index is -0.380. The number of cyclic esters (lactones) is 1. The number of rotatable bonds is 12. The molecule has 0 N–H and O–H groups in total. The van der Waals surface area contributed by atoms with Gasteiger partial charge in [-0.2, -0.15) is 0 Å². The van der Waals surface area contributed by atoms with E-state index in [2.05, 4.69) is 26.3 Å². The fraction of sp³-hybridized carbons (Fsp3) is 0.407. The minimum absolute atomic E-state index is 0.122. The van der Waals surface area contributed by atoms with Crippen LogP contribution in [0.5, 0.6) is 0 Å². The molecule has 170 valence electrons. The molecule has 1 aromatic rings. The summed E-state index contributed by atoms with van der Waals surface area (Å²) in [5.74, 6) is -0.883. The summed E-state index contributed by atoms with van der Waals surface area (Å²) in [7, 11) is 0. The molecule has 5 nitrogen and oxygen atoms in total. The van der Waals surface area contributed by atoms with Crippen molar-refractivity contribution in [3.05, 3.63) is 85.0 Å². The Bertz CT molecular complexity index is 930. The van der Waals surface area contributed by atoms with Crippen molar-refractivity contribution in [2.24, 2.45) is 5.92 Å². The molecule has 0 spiro atoms. The Morgan fingerprint density at radius 3 is 2.72 bits per heavy atom. The van der Waals surface area contributed by atoms with Crippen LogP contribution in [0.4, 0.5) is 0 Å². The second-order valence-corrected chi connectivity index (χ2v) is 8.69. The van der Waals surface area contributed by atoms with Crippen molar-refractivity contribution in [2.45, 2.75) is 56.8 Å². The van der Waals surface area contributed by atoms with Crippen molar-refractivity contribution < 1.29 is 23.8 Å². The molecular formula is C27H32O5. The van der Waals surface area contributed by atoms with E-state index in [0.717, 1.165) is 24.0 Å². The standard InChI is InChI=1S/C27H32O5/c1-6-8-16-27(5)24(32-27)23-21(19(4)25(28)31-23)15-14-18(3)17-30-26(29)22-13-10-9-12-20(22)11-7-2/h6-7,9-10,12-13,21,23-24H,1-4,8,11,14-17H2,5H3/t21-,23-,24+,27+/m0/s1. The summed E-state index contributed by atoms with van der Waals surface area (Å²) in [6.07, 6.45) is 6.65. The van der Waals surface area contributed by atoms with E-state index in [1.54, 1.807) is 12.1 Å². The number of benzene rings is 1. The van der Waals surface area contributed by atoms with Gasteiger partial charge in [-0.15, -0.1) is 13.2 Å². The van der Waals surface area contributed by atoms with Gasteiger partial charge in [0.15, 0.2) is 0 Å². The van der Waals surface area contributed by atoms with Crippen LogP contribution in [0.1, 0.15) is 48.5 Å². The smallest absolute Gasteiger partial charge is 0.338 e. The van der Waals surface area contributed by atoms with Gasteiger partial charge in [0.2, 0.25) is 0 Å². The van der Waals surface area contributed by atoms with E-state index in [1.807, 2.05) is 31.2 Å². The third kappa shape index (κ3) is 5.28. The van der Waals surface area contributed by atoms with Gasteiger partial charge in [0.05, 0.1) is 11.2 Å². The molecule has 0 saturated carbocycles. The van der Waals surface area contributed by atoms with Crippen LogP contribution in [0.2, 0.25) is 0 Å². The van der Waals surface area contributed by atoms with E-state index in [-0.39, 0.29) is 42.3 Å². The molecule has 5 heteroatoms. The van der Waals surface area contributed by atoms with Crippen molar-refractivity contribution in [1.29, 1.82) is 0 Å². The minimum Gasteiger partial charge on any atom is -0.458 e. The Morgan fingerprint density at radius 2 is 2.00 bits per heavy atom. The second-order valence-electron chi connectivity index (χ2n) is 8.69. The van der Waals surface area contributed by atoms with Crippen LogP contribution in [-0.4, -0.2) is 36.4 Å². The molecule has 2 aliphatic rings. The molecule has 1 aromatic carbocycles. The molecular weight excluding hydrogens is 404 g/mol. The van der Waals surface area contributed by atoms with Crippen LogP contribution in [-0.2, 0) is 25.4 Å². The topological polar surface area (TPSA) is 65.1 Å². The zero-order chi connectivity index (χ0) is 23.3. The molecule has 0 aromatic heterocycles. The Hall–Kier alpha value is -2.92. The summed E-state index contributed by atoms with van der Waals surface area (Å²) in [5, 5.41) is 0. The number of carbonyl (C=O) groups is 2. The van der Waals surface area contributed by atoms with Crippen LogP contribution in [0, 0.1) is 5.92 Å². The summed E-state index contributed by atoms with van der Waals surface area (Å²) in [6.45, 7) is 17.6. The largest absolute Gasteiger partial charge is 0.458 e. The van der Waals surface area contributed by atoms with Crippen molar-refractivity contribution in [1.82, 2.24) is 0 Å². The number of ether oxygens (including phenoxy) is 3. The predicted octanol–water partition coefficient (Wildman–Crippen LogP) is 5.13. The van der Waals surface area contributed by atoms with Gasteiger partial charge in [0.25, 0.3) is 0 Å². The van der Waals surface area contributed by atoms with Crippen molar-refractivity contribution in [2.75, 3.05) is 6.61 Å². The number of carbonyl (C=O) groups excluding carboxylic acids is 2. The van der Waals surface area contributed by atoms with Crippen molar-refractivity contribution in [3.8, 4) is 0 Å². The van der Waals surface area contributed by atoms with Gasteiger partial charge < -0.3 is 14.2 Å². The van der Waals surface area contributed by atoms with Crippen LogP contribution < -0.4 is 0 Å². The zero-order valence-electron chi connectivity index (χ0n) is 18.8. The van der Waals surface area contributed by atoms with E-state index < -0.39 is 0 Å². The summed E-state index contributed by atoms with van der Waals surface area (Å²) < 4.78 is 17.0. The lowest BCUT2D eigenvalue weighted by molar-refractivity contribution is -0.140. The second kappa shape index (κ2) is 10.1. The molecule has 0 bridgehead atoms. The number of allylic oxidation sites excluding steroid dienone is 2. The molecule has 2 fully saturated rings. The molecule has 0 unspecified atom stereocenters. The van der Waals surface area contributed by atoms with Gasteiger partial charge in [0.1, 0.15) is 18.8 Å². The van der Waals surface area contributed by atoms with E-state index in [1.165, 1.54) is 0 Å². The molecule has 0 aliphatic carbocycles. The number of hydrogen-bond donors (Lipinski definition) is 0. The highest BCUT2D eigenvalue weighted by Gasteiger charge is 2.61. The average molecular weight is 437 g/mol. The van der Waals surface area contributed by atoms with Gasteiger partial charge in [0, 0.05) is 11.5 Å². The van der Waals surface area contributed by atoms with E-state index in [4.69, 9.17) is 14.2 Å². The summed E-state index contributed by atoms with van der Waals surface area (Å²) in [6, 6.07) is 7.33. The van der Waals surface area contributed by atoms with Gasteiger partial charge in [-0.1, -0.05) is 43.5 Å². The molecule has 2 saturated heterocycles. The maximum atomic E-state index is 12.5. The van der Waals surface area contributed by atoms with Crippen LogP contribution in [0.3, 0.4) is 0 Å². The first-order chi connectivity index (χ1) is 15.3. The average Bonchev–Trinajstić information content (AvgIpc) is 3.37. The number of epoxide rings is 1. The molecule has 4 atom stereocenters. The van der Waals surface area contributed by atoms with E-state index in [0.29, 0.717) is 30.4 Å². The highest BCUT2D eigenvalue weighted by atomic mass is 16.6. The Balaban J connectivity index is 1.53. The molecule has 3 rings (SSSR count). The van der Waals surface area contributed by atoms with Gasteiger partial charge in [-0.3, -0.25) is 0 Å². The summed E-state index contributed by atoms with van der Waals surface area (Å²) in [5.41, 5.74) is 2.36. The molecule has 2 heterocycles. The van der Waals surface area contributed by atoms with Crippen molar-refractivity contribution >= 4 is 11.9 Å². The van der Waals surface area contributed by atoms with E-state index in [9.17, 15) is 9.59 Å². The fourth-order valence-corrected chi connectivity index (χ4v) is 4.23.